The molecule has 16 heavy (non-hydrogen) atoms. The second kappa shape index (κ2) is 3.11. The van der Waals surface area contributed by atoms with Crippen LogP contribution in [0.25, 0.3) is 21.8 Å². The van der Waals surface area contributed by atoms with Gasteiger partial charge in [0.15, 0.2) is 0 Å². The van der Waals surface area contributed by atoms with Gasteiger partial charge < -0.3 is 4.98 Å². The van der Waals surface area contributed by atoms with Gasteiger partial charge in [0, 0.05) is 21.8 Å². The molecule has 1 aromatic heterocycles. The highest BCUT2D eigenvalue weighted by molar-refractivity contribution is 6.09. The summed E-state index contributed by atoms with van der Waals surface area (Å²) >= 11 is 0. The summed E-state index contributed by atoms with van der Waals surface area (Å²) in [6.07, 6.45) is 0. The molecule has 0 saturated carbocycles. The van der Waals surface area contributed by atoms with Crippen LogP contribution in [-0.2, 0) is 0 Å². The SMILES string of the molecule is Cc1ccc2c(c1)[nH]c1cc(C)cc(C)c12. The van der Waals surface area contributed by atoms with Gasteiger partial charge in [0.05, 0.1) is 0 Å². The Kier molecular flexibility index (Phi) is 1.84. The van der Waals surface area contributed by atoms with E-state index in [4.69, 9.17) is 0 Å². The molecule has 0 spiro atoms. The van der Waals surface area contributed by atoms with Crippen molar-refractivity contribution in [3.8, 4) is 0 Å². The van der Waals surface area contributed by atoms with E-state index in [1.54, 1.807) is 0 Å². The van der Waals surface area contributed by atoms with Gasteiger partial charge in [-0.25, -0.2) is 0 Å². The Morgan fingerprint density at radius 2 is 1.56 bits per heavy atom. The molecule has 1 nitrogen and oxygen atoms in total. The van der Waals surface area contributed by atoms with Crippen LogP contribution in [0, 0.1) is 20.8 Å². The zero-order chi connectivity index (χ0) is 11.3. The molecule has 0 bridgehead atoms. The van der Waals surface area contributed by atoms with E-state index in [0.717, 1.165) is 0 Å². The van der Waals surface area contributed by atoms with Gasteiger partial charge in [-0.15, -0.1) is 0 Å². The molecular formula is C15H15N. The minimum Gasteiger partial charge on any atom is -0.354 e. The third kappa shape index (κ3) is 1.25. The van der Waals surface area contributed by atoms with Gasteiger partial charge in [-0.1, -0.05) is 18.2 Å². The number of aromatic amines is 1. The molecule has 3 aromatic rings. The van der Waals surface area contributed by atoms with Crippen molar-refractivity contribution < 1.29 is 0 Å². The quantitative estimate of drug-likeness (QED) is 0.569. The molecule has 0 aliphatic carbocycles. The number of hydrogen-bond donors (Lipinski definition) is 1. The zero-order valence-corrected chi connectivity index (χ0v) is 9.89. The summed E-state index contributed by atoms with van der Waals surface area (Å²) in [5, 5.41) is 2.69. The van der Waals surface area contributed by atoms with Crippen LogP contribution in [0.3, 0.4) is 0 Å². The van der Waals surface area contributed by atoms with Gasteiger partial charge in [-0.05, 0) is 49.6 Å². The van der Waals surface area contributed by atoms with Crippen molar-refractivity contribution in [3.63, 3.8) is 0 Å². The van der Waals surface area contributed by atoms with Gasteiger partial charge in [-0.3, -0.25) is 0 Å². The van der Waals surface area contributed by atoms with Crippen molar-refractivity contribution in [2.75, 3.05) is 0 Å². The molecule has 0 aliphatic rings. The monoisotopic (exact) mass is 209 g/mol. The normalized spacial score (nSPS) is 11.4. The summed E-state index contributed by atoms with van der Waals surface area (Å²) in [4.78, 5) is 3.50. The van der Waals surface area contributed by atoms with Crippen LogP contribution in [0.15, 0.2) is 30.3 Å². The maximum Gasteiger partial charge on any atom is 0.0470 e. The minimum absolute atomic E-state index is 1.24. The number of hydrogen-bond acceptors (Lipinski definition) is 0. The lowest BCUT2D eigenvalue weighted by molar-refractivity contribution is 1.41. The third-order valence-corrected chi connectivity index (χ3v) is 3.19. The van der Waals surface area contributed by atoms with Gasteiger partial charge >= 0.3 is 0 Å². The fraction of sp³-hybridized carbons (Fsp3) is 0.200. The standard InChI is InChI=1S/C15H15N/c1-9-4-5-12-13(7-9)16-14-8-10(2)6-11(3)15(12)14/h4-8,16H,1-3H3. The molecule has 3 rings (SSSR count). The van der Waals surface area contributed by atoms with Gasteiger partial charge in [-0.2, -0.15) is 0 Å². The molecular weight excluding hydrogens is 194 g/mol. The second-order valence-electron chi connectivity index (χ2n) is 4.68. The van der Waals surface area contributed by atoms with Crippen molar-refractivity contribution in [1.29, 1.82) is 0 Å². The number of nitrogens with one attached hydrogen (secondary N) is 1. The first-order valence-electron chi connectivity index (χ1n) is 5.64. The number of H-pyrrole nitrogens is 1. The average molecular weight is 209 g/mol. The minimum atomic E-state index is 1.24. The number of benzene rings is 2. The smallest absolute Gasteiger partial charge is 0.0470 e. The molecule has 0 saturated heterocycles. The molecule has 0 aliphatic heterocycles. The maximum absolute atomic E-state index is 3.50. The van der Waals surface area contributed by atoms with Crippen LogP contribution in [0.2, 0.25) is 0 Å². The molecule has 0 radical (unpaired) electrons. The molecule has 0 atom stereocenters. The predicted octanol–water partition coefficient (Wildman–Crippen LogP) is 4.25. The summed E-state index contributed by atoms with van der Waals surface area (Å²) in [5.41, 5.74) is 6.45. The number of aromatic nitrogens is 1. The Hall–Kier alpha value is -1.76. The molecule has 0 amide bonds. The lowest BCUT2D eigenvalue weighted by Gasteiger charge is -1.99. The number of aryl methyl sites for hydroxylation is 3. The lowest BCUT2D eigenvalue weighted by atomic mass is 10.0. The van der Waals surface area contributed by atoms with Crippen molar-refractivity contribution >= 4 is 21.8 Å². The Morgan fingerprint density at radius 1 is 0.812 bits per heavy atom. The Morgan fingerprint density at radius 3 is 2.38 bits per heavy atom. The summed E-state index contributed by atoms with van der Waals surface area (Å²) in [6.45, 7) is 6.45. The fourth-order valence-electron chi connectivity index (χ4n) is 2.55. The molecule has 1 heteroatoms. The van der Waals surface area contributed by atoms with E-state index in [2.05, 4.69) is 56.1 Å². The average Bonchev–Trinajstić information content (AvgIpc) is 2.54. The molecule has 0 unspecified atom stereocenters. The summed E-state index contributed by atoms with van der Waals surface area (Å²) in [6, 6.07) is 11.1. The molecule has 2 aromatic carbocycles. The highest BCUT2D eigenvalue weighted by Crippen LogP contribution is 2.29. The van der Waals surface area contributed by atoms with E-state index in [1.165, 1.54) is 38.5 Å². The maximum atomic E-state index is 3.50. The van der Waals surface area contributed by atoms with Gasteiger partial charge in [0.1, 0.15) is 0 Å². The summed E-state index contributed by atoms with van der Waals surface area (Å²) in [5.74, 6) is 0. The van der Waals surface area contributed by atoms with Crippen LogP contribution in [0.1, 0.15) is 16.7 Å². The first kappa shape index (κ1) is 9.46. The largest absolute Gasteiger partial charge is 0.354 e. The van der Waals surface area contributed by atoms with Crippen molar-refractivity contribution in [2.45, 2.75) is 20.8 Å². The van der Waals surface area contributed by atoms with Crippen LogP contribution in [-0.4, -0.2) is 4.98 Å². The summed E-state index contributed by atoms with van der Waals surface area (Å²) < 4.78 is 0. The van der Waals surface area contributed by atoms with E-state index in [-0.39, 0.29) is 0 Å². The Balaban J connectivity index is 2.56. The topological polar surface area (TPSA) is 15.8 Å². The van der Waals surface area contributed by atoms with Crippen LogP contribution < -0.4 is 0 Å². The Labute approximate surface area is 95.1 Å². The molecule has 1 heterocycles. The molecule has 80 valence electrons. The van der Waals surface area contributed by atoms with Crippen LogP contribution in [0.5, 0.6) is 0 Å². The first-order chi connectivity index (χ1) is 7.65. The highest BCUT2D eigenvalue weighted by Gasteiger charge is 2.06. The van der Waals surface area contributed by atoms with Gasteiger partial charge in [0.25, 0.3) is 0 Å². The number of fused-ring (bicyclic) bond motifs is 3. The van der Waals surface area contributed by atoms with Crippen LogP contribution >= 0.6 is 0 Å². The highest BCUT2D eigenvalue weighted by atomic mass is 14.7. The van der Waals surface area contributed by atoms with Gasteiger partial charge in [0.2, 0.25) is 0 Å². The van der Waals surface area contributed by atoms with E-state index < -0.39 is 0 Å². The van der Waals surface area contributed by atoms with E-state index >= 15 is 0 Å². The summed E-state index contributed by atoms with van der Waals surface area (Å²) in [7, 11) is 0. The van der Waals surface area contributed by atoms with E-state index in [9.17, 15) is 0 Å². The van der Waals surface area contributed by atoms with Crippen molar-refractivity contribution in [1.82, 2.24) is 4.98 Å². The predicted molar refractivity (Wildman–Crippen MR) is 70.0 cm³/mol. The third-order valence-electron chi connectivity index (χ3n) is 3.19. The van der Waals surface area contributed by atoms with Crippen molar-refractivity contribution in [3.05, 3.63) is 47.0 Å². The van der Waals surface area contributed by atoms with E-state index in [0.29, 0.717) is 0 Å². The second-order valence-corrected chi connectivity index (χ2v) is 4.68. The van der Waals surface area contributed by atoms with Crippen molar-refractivity contribution in [2.24, 2.45) is 0 Å². The molecule has 1 N–H and O–H groups in total. The van der Waals surface area contributed by atoms with E-state index in [1.807, 2.05) is 0 Å². The lowest BCUT2D eigenvalue weighted by Crippen LogP contribution is -1.78. The Bertz CT molecular complexity index is 689. The first-order valence-corrected chi connectivity index (χ1v) is 5.64. The molecule has 0 fully saturated rings. The zero-order valence-electron chi connectivity index (χ0n) is 9.89. The fourth-order valence-corrected chi connectivity index (χ4v) is 2.55. The number of rotatable bonds is 0. The van der Waals surface area contributed by atoms with Crippen LogP contribution in [0.4, 0.5) is 0 Å².